The molecule has 10 heteroatoms. The Labute approximate surface area is 174 Å². The minimum atomic E-state index is -4.63. The lowest BCUT2D eigenvalue weighted by molar-refractivity contribution is -0.137. The number of aromatic nitrogens is 3. The number of nitrogens with one attached hydrogen (secondary N) is 1. The Kier molecular flexibility index (Phi) is 6.49. The molecule has 0 aliphatic heterocycles. The van der Waals surface area contributed by atoms with Crippen LogP contribution < -0.4 is 5.32 Å². The molecule has 0 saturated carbocycles. The third-order valence-corrected chi connectivity index (χ3v) is 5.28. The molecule has 2 aromatic carbocycles. The van der Waals surface area contributed by atoms with E-state index in [1.54, 1.807) is 6.92 Å². The van der Waals surface area contributed by atoms with Crippen LogP contribution in [-0.2, 0) is 17.5 Å². The molecular weight excluding hydrogens is 425 g/mol. The van der Waals surface area contributed by atoms with Gasteiger partial charge in [-0.05, 0) is 24.6 Å². The van der Waals surface area contributed by atoms with Gasteiger partial charge in [-0.2, -0.15) is 13.2 Å². The van der Waals surface area contributed by atoms with E-state index in [-0.39, 0.29) is 10.8 Å². The predicted octanol–water partition coefficient (Wildman–Crippen LogP) is 5.04. The summed E-state index contributed by atoms with van der Waals surface area (Å²) in [6, 6.07) is 13.0. The fourth-order valence-corrected chi connectivity index (χ4v) is 3.61. The van der Waals surface area contributed by atoms with E-state index in [9.17, 15) is 18.0 Å². The number of rotatable bonds is 6. The van der Waals surface area contributed by atoms with Gasteiger partial charge in [-0.1, -0.05) is 59.8 Å². The molecule has 1 heterocycles. The molecule has 5 nitrogen and oxygen atoms in total. The highest BCUT2D eigenvalue weighted by atomic mass is 35.5. The summed E-state index contributed by atoms with van der Waals surface area (Å²) in [7, 11) is 0. The number of aryl methyl sites for hydroxylation is 1. The zero-order valence-electron chi connectivity index (χ0n) is 15.2. The SMILES string of the molecule is Cc1nnc(SCC(=O)Nc2c(Cl)cccc2C(F)(F)F)n1Cc1ccccc1. The van der Waals surface area contributed by atoms with Gasteiger partial charge in [0.2, 0.25) is 5.91 Å². The van der Waals surface area contributed by atoms with Crippen LogP contribution in [0.5, 0.6) is 0 Å². The van der Waals surface area contributed by atoms with Gasteiger partial charge >= 0.3 is 6.18 Å². The van der Waals surface area contributed by atoms with E-state index in [4.69, 9.17) is 11.6 Å². The molecule has 29 heavy (non-hydrogen) atoms. The molecule has 0 unspecified atom stereocenters. The Morgan fingerprint density at radius 3 is 2.55 bits per heavy atom. The number of hydrogen-bond acceptors (Lipinski definition) is 4. The van der Waals surface area contributed by atoms with Crippen LogP contribution in [-0.4, -0.2) is 26.4 Å². The van der Waals surface area contributed by atoms with Crippen LogP contribution in [0.3, 0.4) is 0 Å². The minimum Gasteiger partial charge on any atom is -0.324 e. The normalized spacial score (nSPS) is 11.5. The topological polar surface area (TPSA) is 59.8 Å². The van der Waals surface area contributed by atoms with Gasteiger partial charge in [-0.25, -0.2) is 0 Å². The van der Waals surface area contributed by atoms with E-state index in [0.29, 0.717) is 17.5 Å². The van der Waals surface area contributed by atoms with Crippen molar-refractivity contribution in [1.29, 1.82) is 0 Å². The third kappa shape index (κ3) is 5.30. The molecule has 0 fully saturated rings. The number of hydrogen-bond donors (Lipinski definition) is 1. The molecule has 3 rings (SSSR count). The van der Waals surface area contributed by atoms with Gasteiger partial charge in [-0.3, -0.25) is 4.79 Å². The third-order valence-electron chi connectivity index (χ3n) is 4.00. The molecular formula is C19H16ClF3N4OS. The average molecular weight is 441 g/mol. The molecule has 152 valence electrons. The number of alkyl halides is 3. The molecule has 0 aliphatic rings. The van der Waals surface area contributed by atoms with Crippen LogP contribution in [0.15, 0.2) is 53.7 Å². The summed E-state index contributed by atoms with van der Waals surface area (Å²) in [6.07, 6.45) is -4.63. The number of para-hydroxylation sites is 1. The van der Waals surface area contributed by atoms with Gasteiger partial charge in [0.15, 0.2) is 5.16 Å². The number of anilines is 1. The Bertz CT molecular complexity index is 1010. The van der Waals surface area contributed by atoms with Crippen molar-refractivity contribution in [2.45, 2.75) is 24.8 Å². The first-order valence-electron chi connectivity index (χ1n) is 8.48. The fourth-order valence-electron chi connectivity index (χ4n) is 2.61. The highest BCUT2D eigenvalue weighted by molar-refractivity contribution is 7.99. The van der Waals surface area contributed by atoms with E-state index in [1.165, 1.54) is 12.1 Å². The van der Waals surface area contributed by atoms with Gasteiger partial charge in [0.25, 0.3) is 0 Å². The van der Waals surface area contributed by atoms with Crippen LogP contribution in [0.25, 0.3) is 0 Å². The van der Waals surface area contributed by atoms with E-state index in [1.807, 2.05) is 34.9 Å². The van der Waals surface area contributed by atoms with Gasteiger partial charge < -0.3 is 9.88 Å². The number of carbonyl (C=O) groups excluding carboxylic acids is 1. The summed E-state index contributed by atoms with van der Waals surface area (Å²) < 4.78 is 41.3. The van der Waals surface area contributed by atoms with E-state index >= 15 is 0 Å². The second-order valence-electron chi connectivity index (χ2n) is 6.10. The van der Waals surface area contributed by atoms with Crippen molar-refractivity contribution in [2.75, 3.05) is 11.1 Å². The molecule has 0 saturated heterocycles. The van der Waals surface area contributed by atoms with Gasteiger partial charge in [-0.15, -0.1) is 10.2 Å². The summed E-state index contributed by atoms with van der Waals surface area (Å²) in [4.78, 5) is 12.3. The first kappa shape index (κ1) is 21.2. The molecule has 1 N–H and O–H groups in total. The molecule has 0 spiro atoms. The molecule has 0 atom stereocenters. The lowest BCUT2D eigenvalue weighted by atomic mass is 10.1. The first-order valence-corrected chi connectivity index (χ1v) is 9.84. The number of thioether (sulfide) groups is 1. The number of amides is 1. The minimum absolute atomic E-state index is 0.143. The van der Waals surface area contributed by atoms with Crippen LogP contribution in [0, 0.1) is 6.92 Å². The fraction of sp³-hybridized carbons (Fsp3) is 0.211. The van der Waals surface area contributed by atoms with Crippen molar-refractivity contribution in [3.63, 3.8) is 0 Å². The lowest BCUT2D eigenvalue weighted by Crippen LogP contribution is -2.19. The maximum Gasteiger partial charge on any atom is 0.418 e. The van der Waals surface area contributed by atoms with Crippen molar-refractivity contribution in [3.05, 3.63) is 70.5 Å². The Balaban J connectivity index is 1.70. The molecule has 0 aliphatic carbocycles. The second kappa shape index (κ2) is 8.87. The van der Waals surface area contributed by atoms with Crippen molar-refractivity contribution in [2.24, 2.45) is 0 Å². The van der Waals surface area contributed by atoms with Crippen molar-refractivity contribution in [3.8, 4) is 0 Å². The van der Waals surface area contributed by atoms with Crippen molar-refractivity contribution >= 4 is 35.0 Å². The highest BCUT2D eigenvalue weighted by Crippen LogP contribution is 2.38. The van der Waals surface area contributed by atoms with Crippen LogP contribution in [0.4, 0.5) is 18.9 Å². The van der Waals surface area contributed by atoms with Crippen LogP contribution >= 0.6 is 23.4 Å². The quantitative estimate of drug-likeness (QED) is 0.546. The molecule has 0 radical (unpaired) electrons. The Morgan fingerprint density at radius 1 is 1.14 bits per heavy atom. The highest BCUT2D eigenvalue weighted by Gasteiger charge is 2.34. The largest absolute Gasteiger partial charge is 0.418 e. The number of carbonyl (C=O) groups is 1. The molecule has 3 aromatic rings. The Morgan fingerprint density at radius 2 is 1.86 bits per heavy atom. The summed E-state index contributed by atoms with van der Waals surface area (Å²) in [5.74, 6) is -0.0992. The van der Waals surface area contributed by atoms with Gasteiger partial charge in [0.1, 0.15) is 5.82 Å². The first-order chi connectivity index (χ1) is 13.8. The van der Waals surface area contributed by atoms with Crippen molar-refractivity contribution in [1.82, 2.24) is 14.8 Å². The Hall–Kier alpha value is -2.52. The smallest absolute Gasteiger partial charge is 0.324 e. The van der Waals surface area contributed by atoms with Gasteiger partial charge in [0.05, 0.1) is 28.6 Å². The number of halogens is 4. The zero-order valence-corrected chi connectivity index (χ0v) is 16.8. The maximum atomic E-state index is 13.2. The average Bonchev–Trinajstić information content (AvgIpc) is 3.01. The van der Waals surface area contributed by atoms with E-state index in [0.717, 1.165) is 23.4 Å². The number of benzene rings is 2. The van der Waals surface area contributed by atoms with Gasteiger partial charge in [0, 0.05) is 0 Å². The monoisotopic (exact) mass is 440 g/mol. The van der Waals surface area contributed by atoms with E-state index < -0.39 is 23.3 Å². The van der Waals surface area contributed by atoms with Crippen LogP contribution in [0.1, 0.15) is 17.0 Å². The van der Waals surface area contributed by atoms with Crippen molar-refractivity contribution < 1.29 is 18.0 Å². The number of nitrogens with zero attached hydrogens (tertiary/aromatic N) is 3. The molecule has 1 amide bonds. The summed E-state index contributed by atoms with van der Waals surface area (Å²) in [6.45, 7) is 2.31. The summed E-state index contributed by atoms with van der Waals surface area (Å²) >= 11 is 6.95. The van der Waals surface area contributed by atoms with E-state index in [2.05, 4.69) is 15.5 Å². The summed E-state index contributed by atoms with van der Waals surface area (Å²) in [5.41, 5.74) is -0.409. The predicted molar refractivity (Wildman–Crippen MR) is 106 cm³/mol. The lowest BCUT2D eigenvalue weighted by Gasteiger charge is -2.15. The molecule has 1 aromatic heterocycles. The zero-order chi connectivity index (χ0) is 21.0. The molecule has 0 bridgehead atoms. The summed E-state index contributed by atoms with van der Waals surface area (Å²) in [5, 5.41) is 10.7. The second-order valence-corrected chi connectivity index (χ2v) is 7.45. The maximum absolute atomic E-state index is 13.2. The standard InChI is InChI=1S/C19H16ClF3N4OS/c1-12-25-26-18(27(12)10-13-6-3-2-4-7-13)29-11-16(28)24-17-14(19(21,22)23)8-5-9-15(17)20/h2-9H,10-11H2,1H3,(H,24,28). The van der Waals surface area contributed by atoms with Crippen LogP contribution in [0.2, 0.25) is 5.02 Å².